The number of nitrogens with zero attached hydrogens (tertiary/aromatic N) is 3. The number of aliphatic hydroxyl groups is 1. The largest absolute Gasteiger partial charge is 0.387 e. The Morgan fingerprint density at radius 2 is 2.00 bits per heavy atom. The summed E-state index contributed by atoms with van der Waals surface area (Å²) in [7, 11) is -1.37. The molecule has 0 aliphatic heterocycles. The normalized spacial score (nSPS) is 13.3. The van der Waals surface area contributed by atoms with Gasteiger partial charge in [0.05, 0.1) is 17.5 Å². The maximum absolute atomic E-state index is 11.4. The van der Waals surface area contributed by atoms with Crippen LogP contribution < -0.4 is 5.32 Å². The molecule has 7 nitrogen and oxygen atoms in total. The van der Waals surface area contributed by atoms with Gasteiger partial charge in [-0.25, -0.2) is 8.42 Å². The first-order valence-electron chi connectivity index (χ1n) is 6.39. The van der Waals surface area contributed by atoms with Crippen LogP contribution in [-0.2, 0) is 23.4 Å². The van der Waals surface area contributed by atoms with E-state index < -0.39 is 15.9 Å². The van der Waals surface area contributed by atoms with Gasteiger partial charge < -0.3 is 15.0 Å². The first-order chi connectivity index (χ1) is 9.88. The van der Waals surface area contributed by atoms with Crippen LogP contribution in [0, 0.1) is 0 Å². The number of aryl methyl sites for hydroxylation is 1. The zero-order valence-electron chi connectivity index (χ0n) is 11.9. The highest BCUT2D eigenvalue weighted by Crippen LogP contribution is 2.16. The summed E-state index contributed by atoms with van der Waals surface area (Å²) in [4.78, 5) is 0.241. The lowest BCUT2D eigenvalue weighted by Crippen LogP contribution is -2.22. The fourth-order valence-electron chi connectivity index (χ4n) is 1.84. The third-order valence-electron chi connectivity index (χ3n) is 3.12. The van der Waals surface area contributed by atoms with Crippen LogP contribution in [0.15, 0.2) is 35.5 Å². The van der Waals surface area contributed by atoms with Crippen molar-refractivity contribution >= 4 is 9.84 Å². The summed E-state index contributed by atoms with van der Waals surface area (Å²) in [6.07, 6.45) is 2.05. The summed E-state index contributed by atoms with van der Waals surface area (Å²) >= 11 is 0. The second-order valence-corrected chi connectivity index (χ2v) is 6.86. The van der Waals surface area contributed by atoms with E-state index >= 15 is 0 Å². The van der Waals surface area contributed by atoms with Crippen LogP contribution in [0.1, 0.15) is 17.5 Å². The van der Waals surface area contributed by atoms with Crippen molar-refractivity contribution in [3.63, 3.8) is 0 Å². The van der Waals surface area contributed by atoms with Crippen molar-refractivity contribution in [3.05, 3.63) is 42.0 Å². The maximum Gasteiger partial charge on any atom is 0.175 e. The van der Waals surface area contributed by atoms with Crippen molar-refractivity contribution in [1.82, 2.24) is 20.1 Å². The van der Waals surface area contributed by atoms with Crippen LogP contribution in [0.25, 0.3) is 0 Å². The van der Waals surface area contributed by atoms with E-state index in [9.17, 15) is 13.5 Å². The van der Waals surface area contributed by atoms with Gasteiger partial charge in [-0.15, -0.1) is 10.2 Å². The number of hydrogen-bond donors (Lipinski definition) is 2. The molecule has 2 rings (SSSR count). The number of nitrogens with one attached hydrogen (secondary N) is 1. The Morgan fingerprint density at radius 1 is 1.33 bits per heavy atom. The van der Waals surface area contributed by atoms with Gasteiger partial charge >= 0.3 is 0 Å². The Labute approximate surface area is 123 Å². The molecular weight excluding hydrogens is 292 g/mol. The number of aromatic nitrogens is 3. The van der Waals surface area contributed by atoms with E-state index in [-0.39, 0.29) is 4.90 Å². The summed E-state index contributed by atoms with van der Waals surface area (Å²) in [6, 6.07) is 6.23. The van der Waals surface area contributed by atoms with Gasteiger partial charge in [-0.05, 0) is 17.7 Å². The monoisotopic (exact) mass is 310 g/mol. The Balaban J connectivity index is 1.91. The van der Waals surface area contributed by atoms with Crippen molar-refractivity contribution < 1.29 is 13.5 Å². The summed E-state index contributed by atoms with van der Waals surface area (Å²) in [6.45, 7) is 0.833. The smallest absolute Gasteiger partial charge is 0.175 e. The third kappa shape index (κ3) is 4.10. The molecule has 0 saturated carbocycles. The molecule has 114 valence electrons. The summed E-state index contributed by atoms with van der Waals surface area (Å²) < 4.78 is 24.5. The zero-order valence-corrected chi connectivity index (χ0v) is 12.7. The average molecular weight is 310 g/mol. The minimum absolute atomic E-state index is 0.241. The van der Waals surface area contributed by atoms with E-state index in [2.05, 4.69) is 15.5 Å². The summed E-state index contributed by atoms with van der Waals surface area (Å²) in [5, 5.41) is 20.8. The van der Waals surface area contributed by atoms with E-state index in [0.717, 1.165) is 12.1 Å². The molecule has 1 aromatic carbocycles. The average Bonchev–Trinajstić information content (AvgIpc) is 2.83. The quantitative estimate of drug-likeness (QED) is 0.782. The highest BCUT2D eigenvalue weighted by atomic mass is 32.2. The molecule has 21 heavy (non-hydrogen) atoms. The fraction of sp³-hybridized carbons (Fsp3) is 0.385. The second-order valence-electron chi connectivity index (χ2n) is 4.85. The minimum atomic E-state index is -3.21. The van der Waals surface area contributed by atoms with Gasteiger partial charge in [-0.1, -0.05) is 12.1 Å². The molecule has 1 atom stereocenters. The molecule has 1 heterocycles. The highest BCUT2D eigenvalue weighted by Gasteiger charge is 2.11. The number of hydrogen-bond acceptors (Lipinski definition) is 6. The van der Waals surface area contributed by atoms with E-state index in [4.69, 9.17) is 0 Å². The summed E-state index contributed by atoms with van der Waals surface area (Å²) in [5.41, 5.74) is 0.660. The fourth-order valence-corrected chi connectivity index (χ4v) is 2.47. The SMILES string of the molecule is Cn1cnnc1CNCC(O)c1ccc(S(C)(=O)=O)cc1. The van der Waals surface area contributed by atoms with Gasteiger partial charge in [-0.3, -0.25) is 0 Å². The number of sulfone groups is 1. The van der Waals surface area contributed by atoms with Crippen LogP contribution >= 0.6 is 0 Å². The minimum Gasteiger partial charge on any atom is -0.387 e. The van der Waals surface area contributed by atoms with Crippen LogP contribution in [0.5, 0.6) is 0 Å². The topological polar surface area (TPSA) is 97.1 Å². The van der Waals surface area contributed by atoms with Crippen LogP contribution in [0.3, 0.4) is 0 Å². The summed E-state index contributed by atoms with van der Waals surface area (Å²) in [5.74, 6) is 0.773. The first kappa shape index (κ1) is 15.6. The third-order valence-corrected chi connectivity index (χ3v) is 4.25. The molecule has 8 heteroatoms. The van der Waals surface area contributed by atoms with Crippen molar-refractivity contribution in [2.75, 3.05) is 12.8 Å². The molecule has 2 N–H and O–H groups in total. The molecule has 0 amide bonds. The van der Waals surface area contributed by atoms with Crippen LogP contribution in [0.4, 0.5) is 0 Å². The van der Waals surface area contributed by atoms with E-state index in [1.54, 1.807) is 23.0 Å². The molecule has 1 aromatic heterocycles. The predicted molar refractivity (Wildman–Crippen MR) is 77.2 cm³/mol. The molecule has 1 unspecified atom stereocenters. The molecule has 0 aliphatic rings. The Morgan fingerprint density at radius 3 is 2.52 bits per heavy atom. The Bertz CT molecular complexity index is 694. The molecule has 0 fully saturated rings. The van der Waals surface area contributed by atoms with Gasteiger partial charge in [0.2, 0.25) is 0 Å². The molecule has 0 spiro atoms. The van der Waals surface area contributed by atoms with Crippen molar-refractivity contribution in [2.45, 2.75) is 17.5 Å². The molecule has 0 bridgehead atoms. The van der Waals surface area contributed by atoms with Gasteiger partial charge in [0.15, 0.2) is 9.84 Å². The predicted octanol–water partition coefficient (Wildman–Crippen LogP) is 0.0418. The van der Waals surface area contributed by atoms with Crippen molar-refractivity contribution in [1.29, 1.82) is 0 Å². The molecular formula is C13H18N4O3S. The number of rotatable bonds is 6. The molecule has 0 saturated heterocycles. The highest BCUT2D eigenvalue weighted by molar-refractivity contribution is 7.90. The van der Waals surface area contributed by atoms with Crippen molar-refractivity contribution in [3.8, 4) is 0 Å². The first-order valence-corrected chi connectivity index (χ1v) is 8.29. The van der Waals surface area contributed by atoms with E-state index in [1.807, 2.05) is 7.05 Å². The van der Waals surface area contributed by atoms with E-state index in [1.165, 1.54) is 12.1 Å². The van der Waals surface area contributed by atoms with Gasteiger partial charge in [-0.2, -0.15) is 0 Å². The van der Waals surface area contributed by atoms with E-state index in [0.29, 0.717) is 18.7 Å². The lowest BCUT2D eigenvalue weighted by molar-refractivity contribution is 0.174. The second kappa shape index (κ2) is 6.33. The molecule has 2 aromatic rings. The maximum atomic E-state index is 11.4. The van der Waals surface area contributed by atoms with Gasteiger partial charge in [0, 0.05) is 19.8 Å². The molecule has 0 radical (unpaired) electrons. The lowest BCUT2D eigenvalue weighted by Gasteiger charge is -2.12. The zero-order chi connectivity index (χ0) is 15.5. The van der Waals surface area contributed by atoms with Gasteiger partial charge in [0.1, 0.15) is 12.2 Å². The van der Waals surface area contributed by atoms with Crippen LogP contribution in [-0.4, -0.2) is 41.1 Å². The number of benzene rings is 1. The molecule has 0 aliphatic carbocycles. The van der Waals surface area contributed by atoms with Gasteiger partial charge in [0.25, 0.3) is 0 Å². The van der Waals surface area contributed by atoms with Crippen LogP contribution in [0.2, 0.25) is 0 Å². The lowest BCUT2D eigenvalue weighted by atomic mass is 10.1. The standard InChI is InChI=1S/C13H18N4O3S/c1-17-9-15-16-13(17)8-14-7-12(18)10-3-5-11(6-4-10)21(2,19)20/h3-6,9,12,14,18H,7-8H2,1-2H3. The Kier molecular flexibility index (Phi) is 4.71. The number of aliphatic hydroxyl groups excluding tert-OH is 1. The van der Waals surface area contributed by atoms with Crippen molar-refractivity contribution in [2.24, 2.45) is 7.05 Å². The Hall–Kier alpha value is -1.77.